The molecular formula is C15H20FN5O2. The molecule has 0 spiro atoms. The van der Waals surface area contributed by atoms with E-state index >= 15 is 0 Å². The number of nitrogens with zero attached hydrogens (tertiary/aromatic N) is 4. The predicted molar refractivity (Wildman–Crippen MR) is 85.6 cm³/mol. The number of piperidine rings is 1. The maximum Gasteiger partial charge on any atom is 0.300 e. The van der Waals surface area contributed by atoms with E-state index in [-0.39, 0.29) is 0 Å². The number of alkyl halides is 1. The number of hydrogen-bond acceptors (Lipinski definition) is 7. The Morgan fingerprint density at radius 1 is 1.17 bits per heavy atom. The molecule has 2 fully saturated rings. The lowest BCUT2D eigenvalue weighted by atomic mass is 10.1. The number of fused-ring (bicyclic) bond motifs is 1. The maximum atomic E-state index is 13.6. The van der Waals surface area contributed by atoms with Crippen molar-refractivity contribution in [2.24, 2.45) is 0 Å². The average molecular weight is 321 g/mol. The van der Waals surface area contributed by atoms with Gasteiger partial charge >= 0.3 is 0 Å². The summed E-state index contributed by atoms with van der Waals surface area (Å²) in [4.78, 5) is 12.9. The summed E-state index contributed by atoms with van der Waals surface area (Å²) in [6.45, 7) is 3.89. The standard InChI is InChI=1S/C15H20FN5O2/c16-10-2-1-3-21(9-10)14-11(17)8-12-13(18-14)19-15(23-12)20-4-6-22-7-5-20/h8,10H,1-7,9,17H2. The topological polar surface area (TPSA) is 80.6 Å². The van der Waals surface area contributed by atoms with Crippen LogP contribution in [0, 0.1) is 0 Å². The summed E-state index contributed by atoms with van der Waals surface area (Å²) in [5.74, 6) is 0.599. The Morgan fingerprint density at radius 3 is 2.78 bits per heavy atom. The Hall–Kier alpha value is -2.09. The van der Waals surface area contributed by atoms with Crippen LogP contribution < -0.4 is 15.5 Å². The lowest BCUT2D eigenvalue weighted by Gasteiger charge is -2.30. The van der Waals surface area contributed by atoms with Gasteiger partial charge in [-0.1, -0.05) is 0 Å². The van der Waals surface area contributed by atoms with Gasteiger partial charge in [-0.05, 0) is 12.8 Å². The summed E-state index contributed by atoms with van der Waals surface area (Å²) < 4.78 is 24.8. The van der Waals surface area contributed by atoms with Gasteiger partial charge in [0.15, 0.2) is 11.4 Å². The molecule has 1 unspecified atom stereocenters. The van der Waals surface area contributed by atoms with Gasteiger partial charge in [-0.3, -0.25) is 0 Å². The van der Waals surface area contributed by atoms with Gasteiger partial charge in [-0.2, -0.15) is 4.98 Å². The van der Waals surface area contributed by atoms with Crippen molar-refractivity contribution in [3.8, 4) is 0 Å². The summed E-state index contributed by atoms with van der Waals surface area (Å²) in [5.41, 5.74) is 7.67. The van der Waals surface area contributed by atoms with Crippen LogP contribution in [0.25, 0.3) is 11.2 Å². The molecule has 8 heteroatoms. The molecule has 1 atom stereocenters. The number of oxazole rings is 1. The van der Waals surface area contributed by atoms with Crippen LogP contribution in [0.1, 0.15) is 12.8 Å². The van der Waals surface area contributed by atoms with E-state index in [1.165, 1.54) is 0 Å². The Labute approximate surface area is 133 Å². The number of morpholine rings is 1. The van der Waals surface area contributed by atoms with E-state index in [0.29, 0.717) is 54.9 Å². The highest BCUT2D eigenvalue weighted by Gasteiger charge is 2.24. The molecule has 2 aliphatic rings. The fraction of sp³-hybridized carbons (Fsp3) is 0.600. The summed E-state index contributed by atoms with van der Waals surface area (Å²) >= 11 is 0. The Balaban J connectivity index is 1.66. The monoisotopic (exact) mass is 321 g/mol. The number of rotatable bonds is 2. The Bertz CT molecular complexity index is 700. The number of ether oxygens (including phenoxy) is 1. The zero-order chi connectivity index (χ0) is 15.8. The average Bonchev–Trinajstić information content (AvgIpc) is 2.97. The molecular weight excluding hydrogens is 301 g/mol. The predicted octanol–water partition coefficient (Wildman–Crippen LogP) is 1.58. The first kappa shape index (κ1) is 14.5. The molecule has 0 amide bonds. The van der Waals surface area contributed by atoms with E-state index in [0.717, 1.165) is 26.1 Å². The highest BCUT2D eigenvalue weighted by Crippen LogP contribution is 2.30. The van der Waals surface area contributed by atoms with Crippen LogP contribution in [0.3, 0.4) is 0 Å². The molecule has 23 heavy (non-hydrogen) atoms. The lowest BCUT2D eigenvalue weighted by Crippen LogP contribution is -2.37. The Morgan fingerprint density at radius 2 is 2.00 bits per heavy atom. The summed E-state index contributed by atoms with van der Waals surface area (Å²) in [5, 5.41) is 0. The van der Waals surface area contributed by atoms with Crippen LogP contribution in [0.15, 0.2) is 10.5 Å². The van der Waals surface area contributed by atoms with Gasteiger partial charge in [0, 0.05) is 25.7 Å². The molecule has 2 aromatic rings. The molecule has 4 rings (SSSR count). The number of aromatic nitrogens is 2. The molecule has 2 aromatic heterocycles. The van der Waals surface area contributed by atoms with Crippen LogP contribution >= 0.6 is 0 Å². The van der Waals surface area contributed by atoms with Crippen molar-refractivity contribution < 1.29 is 13.5 Å². The van der Waals surface area contributed by atoms with Gasteiger partial charge in [0.05, 0.1) is 25.4 Å². The quantitative estimate of drug-likeness (QED) is 0.899. The van der Waals surface area contributed by atoms with Gasteiger partial charge in [0.2, 0.25) is 5.65 Å². The molecule has 7 nitrogen and oxygen atoms in total. The molecule has 0 saturated carbocycles. The highest BCUT2D eigenvalue weighted by atomic mass is 19.1. The van der Waals surface area contributed by atoms with Crippen molar-refractivity contribution in [3.05, 3.63) is 6.07 Å². The normalized spacial score (nSPS) is 22.7. The summed E-state index contributed by atoms with van der Waals surface area (Å²) in [7, 11) is 0. The van der Waals surface area contributed by atoms with Crippen molar-refractivity contribution in [1.82, 2.24) is 9.97 Å². The van der Waals surface area contributed by atoms with E-state index in [4.69, 9.17) is 14.9 Å². The molecule has 124 valence electrons. The van der Waals surface area contributed by atoms with E-state index < -0.39 is 6.17 Å². The third-order valence-electron chi connectivity index (χ3n) is 4.32. The minimum atomic E-state index is -0.832. The zero-order valence-electron chi connectivity index (χ0n) is 12.9. The number of anilines is 3. The van der Waals surface area contributed by atoms with Gasteiger partial charge in [-0.15, -0.1) is 0 Å². The maximum absolute atomic E-state index is 13.6. The number of halogens is 1. The lowest BCUT2D eigenvalue weighted by molar-refractivity contribution is 0.120. The fourth-order valence-corrected chi connectivity index (χ4v) is 3.12. The van der Waals surface area contributed by atoms with E-state index in [1.54, 1.807) is 6.07 Å². The smallest absolute Gasteiger partial charge is 0.300 e. The largest absolute Gasteiger partial charge is 0.422 e. The summed E-state index contributed by atoms with van der Waals surface area (Å²) in [6.07, 6.45) is 0.573. The molecule has 2 N–H and O–H groups in total. The van der Waals surface area contributed by atoms with Crippen molar-refractivity contribution >= 4 is 28.8 Å². The molecule has 2 saturated heterocycles. The van der Waals surface area contributed by atoms with Crippen LogP contribution in [0.4, 0.5) is 21.9 Å². The molecule has 2 aliphatic heterocycles. The van der Waals surface area contributed by atoms with Gasteiger partial charge in [0.25, 0.3) is 6.01 Å². The van der Waals surface area contributed by atoms with Crippen molar-refractivity contribution in [1.29, 1.82) is 0 Å². The fourth-order valence-electron chi connectivity index (χ4n) is 3.12. The summed E-state index contributed by atoms with van der Waals surface area (Å²) in [6, 6.07) is 2.27. The van der Waals surface area contributed by atoms with Gasteiger partial charge in [0.1, 0.15) is 6.17 Å². The van der Waals surface area contributed by atoms with Crippen LogP contribution in [0.5, 0.6) is 0 Å². The molecule has 4 heterocycles. The van der Waals surface area contributed by atoms with Gasteiger partial charge in [-0.25, -0.2) is 9.37 Å². The first-order valence-corrected chi connectivity index (χ1v) is 7.99. The van der Waals surface area contributed by atoms with Crippen LogP contribution in [-0.2, 0) is 4.74 Å². The minimum Gasteiger partial charge on any atom is -0.422 e. The first-order valence-electron chi connectivity index (χ1n) is 7.99. The number of nitrogens with two attached hydrogens (primary N) is 1. The van der Waals surface area contributed by atoms with E-state index in [9.17, 15) is 4.39 Å². The molecule has 0 aliphatic carbocycles. The second-order valence-electron chi connectivity index (χ2n) is 6.00. The van der Waals surface area contributed by atoms with Crippen molar-refractivity contribution in [3.63, 3.8) is 0 Å². The van der Waals surface area contributed by atoms with Crippen LogP contribution in [0.2, 0.25) is 0 Å². The Kier molecular flexibility index (Phi) is 3.68. The molecule has 0 aromatic carbocycles. The van der Waals surface area contributed by atoms with E-state index in [2.05, 4.69) is 9.97 Å². The second-order valence-corrected chi connectivity index (χ2v) is 6.00. The minimum absolute atomic E-state index is 0.330. The van der Waals surface area contributed by atoms with Crippen molar-refractivity contribution in [2.75, 3.05) is 54.9 Å². The number of nitrogen functional groups attached to an aromatic ring is 1. The van der Waals surface area contributed by atoms with Crippen molar-refractivity contribution in [2.45, 2.75) is 19.0 Å². The number of pyridine rings is 1. The third kappa shape index (κ3) is 2.78. The van der Waals surface area contributed by atoms with E-state index in [1.807, 2.05) is 9.80 Å². The molecule has 0 bridgehead atoms. The highest BCUT2D eigenvalue weighted by molar-refractivity contribution is 5.80. The number of hydrogen-bond donors (Lipinski definition) is 1. The first-order chi connectivity index (χ1) is 11.2. The SMILES string of the molecule is Nc1cc2oc(N3CCOCC3)nc2nc1N1CCCC(F)C1. The third-order valence-corrected chi connectivity index (χ3v) is 4.32. The zero-order valence-corrected chi connectivity index (χ0v) is 12.9. The molecule has 0 radical (unpaired) electrons. The van der Waals surface area contributed by atoms with Crippen LogP contribution in [-0.4, -0.2) is 55.5 Å². The van der Waals surface area contributed by atoms with Gasteiger partial charge < -0.3 is 24.7 Å². The second kappa shape index (κ2) is 5.84.